The van der Waals surface area contributed by atoms with E-state index in [1.165, 1.54) is 17.3 Å². The summed E-state index contributed by atoms with van der Waals surface area (Å²) in [4.78, 5) is 30.1. The normalized spacial score (nSPS) is 13.7. The average molecular weight is 442 g/mol. The number of hydrogen-bond donors (Lipinski definition) is 1. The van der Waals surface area contributed by atoms with Crippen molar-refractivity contribution in [3.8, 4) is 5.69 Å². The lowest BCUT2D eigenvalue weighted by atomic mass is 10.1. The molecule has 33 heavy (non-hydrogen) atoms. The van der Waals surface area contributed by atoms with E-state index < -0.39 is 0 Å². The highest BCUT2D eigenvalue weighted by molar-refractivity contribution is 5.95. The number of pyridine rings is 1. The van der Waals surface area contributed by atoms with Crippen LogP contribution in [0.5, 0.6) is 0 Å². The maximum absolute atomic E-state index is 13.1. The molecule has 0 saturated carbocycles. The fourth-order valence-corrected chi connectivity index (χ4v) is 3.71. The summed E-state index contributed by atoms with van der Waals surface area (Å²) in [6, 6.07) is 13.1. The lowest BCUT2D eigenvalue weighted by Gasteiger charge is -2.35. The summed E-state index contributed by atoms with van der Waals surface area (Å²) in [5.74, 6) is 2.21. The third-order valence-electron chi connectivity index (χ3n) is 5.42. The van der Waals surface area contributed by atoms with Gasteiger partial charge in [-0.3, -0.25) is 4.79 Å². The number of hydrogen-bond acceptors (Lipinski definition) is 9. The van der Waals surface area contributed by atoms with Crippen LogP contribution in [0.3, 0.4) is 0 Å². The molecular formula is C22H22N10O. The average Bonchev–Trinajstić information content (AvgIpc) is 3.39. The fourth-order valence-electron chi connectivity index (χ4n) is 3.71. The van der Waals surface area contributed by atoms with E-state index in [9.17, 15) is 4.79 Å². The number of carbonyl (C=O) groups is 1. The molecule has 1 amide bonds. The standard InChI is InChI=1S/C22H22N10O/c1-16-5-6-23-19(11-16)27-20-13-21(25-14-24-20)30-7-9-31(10-8-30)22(33)17-3-2-4-18(12-17)32-15-26-28-29-32/h2-6,11-15H,7-10H2,1H3,(H,23,24,25,27). The summed E-state index contributed by atoms with van der Waals surface area (Å²) in [5.41, 5.74) is 2.47. The first kappa shape index (κ1) is 20.5. The lowest BCUT2D eigenvalue weighted by Crippen LogP contribution is -2.49. The summed E-state index contributed by atoms with van der Waals surface area (Å²) >= 11 is 0. The molecule has 5 rings (SSSR count). The number of amides is 1. The van der Waals surface area contributed by atoms with Crippen LogP contribution in [-0.4, -0.2) is 72.1 Å². The van der Waals surface area contributed by atoms with E-state index in [1.54, 1.807) is 12.3 Å². The van der Waals surface area contributed by atoms with Gasteiger partial charge in [-0.05, 0) is 53.2 Å². The monoisotopic (exact) mass is 442 g/mol. The van der Waals surface area contributed by atoms with Crippen molar-refractivity contribution in [2.45, 2.75) is 6.92 Å². The molecule has 1 aliphatic rings. The van der Waals surface area contributed by atoms with Crippen molar-refractivity contribution in [1.82, 2.24) is 40.1 Å². The van der Waals surface area contributed by atoms with Gasteiger partial charge in [0, 0.05) is 44.0 Å². The maximum Gasteiger partial charge on any atom is 0.254 e. The van der Waals surface area contributed by atoms with Crippen LogP contribution in [0, 0.1) is 6.92 Å². The summed E-state index contributed by atoms with van der Waals surface area (Å²) in [6.07, 6.45) is 4.80. The molecule has 11 nitrogen and oxygen atoms in total. The zero-order chi connectivity index (χ0) is 22.6. The number of rotatable bonds is 5. The minimum absolute atomic E-state index is 0.0138. The Balaban J connectivity index is 1.23. The fraction of sp³-hybridized carbons (Fsp3) is 0.227. The van der Waals surface area contributed by atoms with E-state index in [0.29, 0.717) is 37.6 Å². The molecule has 0 bridgehead atoms. The van der Waals surface area contributed by atoms with Gasteiger partial charge in [0.1, 0.15) is 30.1 Å². The van der Waals surface area contributed by atoms with Crippen LogP contribution >= 0.6 is 0 Å². The molecule has 0 unspecified atom stereocenters. The molecule has 1 aliphatic heterocycles. The van der Waals surface area contributed by atoms with Gasteiger partial charge < -0.3 is 15.1 Å². The Bertz CT molecular complexity index is 1250. The minimum Gasteiger partial charge on any atom is -0.353 e. The number of benzene rings is 1. The SMILES string of the molecule is Cc1ccnc(Nc2cc(N3CCN(C(=O)c4cccc(-n5cnnn5)c4)CC3)ncn2)c1. The Morgan fingerprint density at radius 1 is 0.970 bits per heavy atom. The topological polar surface area (TPSA) is 118 Å². The van der Waals surface area contributed by atoms with Gasteiger partial charge in [0.15, 0.2) is 0 Å². The first-order chi connectivity index (χ1) is 16.2. The molecule has 11 heteroatoms. The highest BCUT2D eigenvalue weighted by atomic mass is 16.2. The first-order valence-electron chi connectivity index (χ1n) is 10.5. The van der Waals surface area contributed by atoms with Crippen LogP contribution in [0.4, 0.5) is 17.5 Å². The van der Waals surface area contributed by atoms with E-state index in [-0.39, 0.29) is 5.91 Å². The number of aromatic nitrogens is 7. The lowest BCUT2D eigenvalue weighted by molar-refractivity contribution is 0.0746. The number of aryl methyl sites for hydroxylation is 1. The van der Waals surface area contributed by atoms with E-state index in [2.05, 4.69) is 40.7 Å². The second-order valence-corrected chi connectivity index (χ2v) is 7.69. The smallest absolute Gasteiger partial charge is 0.254 e. The van der Waals surface area contributed by atoms with E-state index in [0.717, 1.165) is 22.9 Å². The van der Waals surface area contributed by atoms with E-state index >= 15 is 0 Å². The molecule has 1 aromatic carbocycles. The Labute approximate surface area is 190 Å². The predicted molar refractivity (Wildman–Crippen MR) is 122 cm³/mol. The molecule has 1 saturated heterocycles. The van der Waals surface area contributed by atoms with Gasteiger partial charge in [-0.1, -0.05) is 6.07 Å². The van der Waals surface area contributed by atoms with Gasteiger partial charge in [0.25, 0.3) is 5.91 Å². The molecule has 3 aromatic heterocycles. The molecule has 0 atom stereocenters. The third kappa shape index (κ3) is 4.61. The van der Waals surface area contributed by atoms with Crippen LogP contribution in [0.15, 0.2) is 61.3 Å². The molecule has 0 spiro atoms. The van der Waals surface area contributed by atoms with Crippen LogP contribution in [-0.2, 0) is 0 Å². The van der Waals surface area contributed by atoms with Gasteiger partial charge in [0.2, 0.25) is 0 Å². The number of nitrogens with one attached hydrogen (secondary N) is 1. The summed E-state index contributed by atoms with van der Waals surface area (Å²) in [5, 5.41) is 14.4. The summed E-state index contributed by atoms with van der Waals surface area (Å²) in [6.45, 7) is 4.57. The van der Waals surface area contributed by atoms with Crippen LogP contribution in [0.2, 0.25) is 0 Å². The Kier molecular flexibility index (Phi) is 5.58. The van der Waals surface area contributed by atoms with E-state index in [4.69, 9.17) is 0 Å². The first-order valence-corrected chi connectivity index (χ1v) is 10.5. The van der Waals surface area contributed by atoms with Crippen LogP contribution in [0.25, 0.3) is 5.69 Å². The number of tetrazole rings is 1. The Hall–Kier alpha value is -4.41. The molecule has 1 fully saturated rings. The second-order valence-electron chi connectivity index (χ2n) is 7.69. The number of anilines is 3. The number of carbonyl (C=O) groups excluding carboxylic acids is 1. The quantitative estimate of drug-likeness (QED) is 0.494. The summed E-state index contributed by atoms with van der Waals surface area (Å²) < 4.78 is 1.53. The van der Waals surface area contributed by atoms with Gasteiger partial charge in [0.05, 0.1) is 5.69 Å². The van der Waals surface area contributed by atoms with Crippen molar-refractivity contribution in [1.29, 1.82) is 0 Å². The highest BCUT2D eigenvalue weighted by Gasteiger charge is 2.23. The molecule has 166 valence electrons. The molecule has 4 aromatic rings. The molecule has 1 N–H and O–H groups in total. The third-order valence-corrected chi connectivity index (χ3v) is 5.42. The number of piperazine rings is 1. The maximum atomic E-state index is 13.1. The predicted octanol–water partition coefficient (Wildman–Crippen LogP) is 1.86. The number of nitrogens with zero attached hydrogens (tertiary/aromatic N) is 9. The van der Waals surface area contributed by atoms with Crippen molar-refractivity contribution >= 4 is 23.4 Å². The van der Waals surface area contributed by atoms with Crippen molar-refractivity contribution in [3.05, 3.63) is 72.4 Å². The molecule has 4 heterocycles. The largest absolute Gasteiger partial charge is 0.353 e. The van der Waals surface area contributed by atoms with Crippen molar-refractivity contribution in [2.24, 2.45) is 0 Å². The van der Waals surface area contributed by atoms with Crippen molar-refractivity contribution in [3.63, 3.8) is 0 Å². The zero-order valence-electron chi connectivity index (χ0n) is 18.0. The minimum atomic E-state index is -0.0138. The molecular weight excluding hydrogens is 420 g/mol. The zero-order valence-corrected chi connectivity index (χ0v) is 18.0. The van der Waals surface area contributed by atoms with Crippen molar-refractivity contribution in [2.75, 3.05) is 36.4 Å². The van der Waals surface area contributed by atoms with Crippen molar-refractivity contribution < 1.29 is 4.79 Å². The molecule has 0 radical (unpaired) electrons. The van der Waals surface area contributed by atoms with Crippen LogP contribution < -0.4 is 10.2 Å². The van der Waals surface area contributed by atoms with Crippen LogP contribution in [0.1, 0.15) is 15.9 Å². The van der Waals surface area contributed by atoms with Gasteiger partial charge in [-0.2, -0.15) is 0 Å². The van der Waals surface area contributed by atoms with Gasteiger partial charge in [-0.15, -0.1) is 5.10 Å². The highest BCUT2D eigenvalue weighted by Crippen LogP contribution is 2.20. The Morgan fingerprint density at radius 3 is 2.61 bits per heavy atom. The second kappa shape index (κ2) is 8.99. The van der Waals surface area contributed by atoms with Gasteiger partial charge in [-0.25, -0.2) is 19.6 Å². The summed E-state index contributed by atoms with van der Waals surface area (Å²) in [7, 11) is 0. The van der Waals surface area contributed by atoms with E-state index in [1.807, 2.05) is 48.2 Å². The Morgan fingerprint density at radius 2 is 1.82 bits per heavy atom. The molecule has 0 aliphatic carbocycles. The van der Waals surface area contributed by atoms with Gasteiger partial charge >= 0.3 is 0 Å².